The van der Waals surface area contributed by atoms with Gasteiger partial charge in [-0.05, 0) is 84.2 Å². The molecule has 1 N–H and O–H groups in total. The van der Waals surface area contributed by atoms with E-state index in [-0.39, 0.29) is 0 Å². The van der Waals surface area contributed by atoms with Gasteiger partial charge in [0.1, 0.15) is 23.0 Å². The fraction of sp³-hybridized carbons (Fsp3) is 0.0833. The first-order valence-corrected chi connectivity index (χ1v) is 18.1. The van der Waals surface area contributed by atoms with E-state index in [1.807, 2.05) is 0 Å². The molecule has 52 heavy (non-hydrogen) atoms. The zero-order valence-electron chi connectivity index (χ0n) is 28.5. The van der Waals surface area contributed by atoms with Gasteiger partial charge >= 0.3 is 0 Å². The normalized spacial score (nSPS) is 18.2. The zero-order valence-corrected chi connectivity index (χ0v) is 28.5. The number of hydrogen-bond donors (Lipinski definition) is 1. The molecule has 0 saturated carbocycles. The summed E-state index contributed by atoms with van der Waals surface area (Å²) < 4.78 is 16.1. The second-order valence-corrected chi connectivity index (χ2v) is 13.9. The van der Waals surface area contributed by atoms with Crippen molar-refractivity contribution < 1.29 is 9.47 Å². The van der Waals surface area contributed by atoms with Crippen molar-refractivity contribution in [2.75, 3.05) is 6.54 Å². The number of allylic oxidation sites excluding steroid dienone is 5. The van der Waals surface area contributed by atoms with Crippen LogP contribution in [0.5, 0.6) is 17.2 Å². The molecule has 0 radical (unpaired) electrons. The number of rotatable bonds is 3. The molecule has 0 saturated heterocycles. The number of hydrogen-bond acceptors (Lipinski definition) is 3. The summed E-state index contributed by atoms with van der Waals surface area (Å²) in [6.07, 6.45) is 12.6. The highest BCUT2D eigenvalue weighted by Gasteiger charge is 2.51. The molecule has 3 aliphatic heterocycles. The average Bonchev–Trinajstić information content (AvgIpc) is 3.56. The third-order valence-electron chi connectivity index (χ3n) is 11.2. The molecule has 1 atom stereocenters. The topological polar surface area (TPSA) is 35.4 Å². The smallest absolute Gasteiger partial charge is 0.132 e. The largest absolute Gasteiger partial charge is 0.457 e. The van der Waals surface area contributed by atoms with E-state index in [9.17, 15) is 0 Å². The first-order valence-electron chi connectivity index (χ1n) is 18.1. The standard InChI is InChI=1S/C48H34N2O2/c1-2-13-33(14-3-1)50-41-20-7-4-15-35(41)47-34(16-12-21-42(47)50)31-24-26-38-45(29-31)51-43-22-8-5-17-36(43)48(38)37-18-6-9-23-44(37)52-46-30-32(25-27-39(46)48)40-19-10-11-28-49-40/h1-5,7-17,19-27,29-30,49H,6,18,28H2. The number of benzene rings is 6. The van der Waals surface area contributed by atoms with Gasteiger partial charge in [-0.25, -0.2) is 0 Å². The fourth-order valence-corrected chi connectivity index (χ4v) is 9.08. The summed E-state index contributed by atoms with van der Waals surface area (Å²) in [5.41, 5.74) is 12.2. The molecule has 0 bridgehead atoms. The van der Waals surface area contributed by atoms with Crippen LogP contribution in [0.2, 0.25) is 0 Å². The van der Waals surface area contributed by atoms with Crippen LogP contribution in [-0.2, 0) is 5.41 Å². The molecular weight excluding hydrogens is 637 g/mol. The van der Waals surface area contributed by atoms with Gasteiger partial charge in [0.05, 0.1) is 16.4 Å². The molecule has 1 aliphatic carbocycles. The van der Waals surface area contributed by atoms with Crippen LogP contribution in [0.25, 0.3) is 44.3 Å². The minimum absolute atomic E-state index is 0.571. The molecule has 1 aromatic heterocycles. The minimum atomic E-state index is -0.571. The molecule has 1 unspecified atom stereocenters. The van der Waals surface area contributed by atoms with Crippen molar-refractivity contribution in [3.05, 3.63) is 197 Å². The molecule has 1 spiro atoms. The molecule has 6 aromatic carbocycles. The van der Waals surface area contributed by atoms with Crippen molar-refractivity contribution in [1.29, 1.82) is 0 Å². The molecular formula is C48H34N2O2. The van der Waals surface area contributed by atoms with Gasteiger partial charge in [0, 0.05) is 51.0 Å². The van der Waals surface area contributed by atoms with Crippen molar-refractivity contribution in [3.63, 3.8) is 0 Å². The predicted molar refractivity (Wildman–Crippen MR) is 210 cm³/mol. The van der Waals surface area contributed by atoms with Crippen LogP contribution >= 0.6 is 0 Å². The Hall–Kier alpha value is -6.52. The molecule has 7 aromatic rings. The molecule has 4 heteroatoms. The second kappa shape index (κ2) is 11.2. The van der Waals surface area contributed by atoms with Crippen molar-refractivity contribution in [2.45, 2.75) is 18.3 Å². The van der Waals surface area contributed by atoms with Gasteiger partial charge in [-0.1, -0.05) is 109 Å². The average molecular weight is 671 g/mol. The van der Waals surface area contributed by atoms with Crippen molar-refractivity contribution in [1.82, 2.24) is 9.88 Å². The van der Waals surface area contributed by atoms with Gasteiger partial charge in [-0.2, -0.15) is 0 Å². The fourth-order valence-electron chi connectivity index (χ4n) is 9.08. The van der Waals surface area contributed by atoms with Gasteiger partial charge < -0.3 is 19.4 Å². The molecule has 4 aliphatic rings. The van der Waals surface area contributed by atoms with Gasteiger partial charge in [0.25, 0.3) is 0 Å². The third-order valence-corrected chi connectivity index (χ3v) is 11.2. The monoisotopic (exact) mass is 670 g/mol. The van der Waals surface area contributed by atoms with Gasteiger partial charge in [-0.3, -0.25) is 0 Å². The van der Waals surface area contributed by atoms with Crippen LogP contribution in [0.15, 0.2) is 175 Å². The van der Waals surface area contributed by atoms with E-state index in [4.69, 9.17) is 9.47 Å². The Bertz CT molecular complexity index is 2750. The van der Waals surface area contributed by atoms with Crippen molar-refractivity contribution >= 4 is 27.5 Å². The Balaban J connectivity index is 1.16. The van der Waals surface area contributed by atoms with Gasteiger partial charge in [-0.15, -0.1) is 0 Å². The maximum atomic E-state index is 6.94. The SMILES string of the molecule is C1=CCNC(c2ccc3c(c2)OC2=C(CCC=C2)C32c3ccccc3Oc3cc(-c4cccc5c4c4ccccc4n5-c4ccccc4)ccc32)=C1. The predicted octanol–water partition coefficient (Wildman–Crippen LogP) is 11.4. The lowest BCUT2D eigenvalue weighted by atomic mass is 9.60. The molecule has 248 valence electrons. The van der Waals surface area contributed by atoms with E-state index in [0.717, 1.165) is 81.6 Å². The minimum Gasteiger partial charge on any atom is -0.457 e. The summed E-state index contributed by atoms with van der Waals surface area (Å²) >= 11 is 0. The van der Waals surface area contributed by atoms with E-state index >= 15 is 0 Å². The van der Waals surface area contributed by atoms with Crippen LogP contribution in [-0.4, -0.2) is 11.1 Å². The Morgan fingerprint density at radius 3 is 2.25 bits per heavy atom. The van der Waals surface area contributed by atoms with Crippen LogP contribution < -0.4 is 14.8 Å². The maximum absolute atomic E-state index is 6.94. The number of para-hydroxylation sites is 3. The van der Waals surface area contributed by atoms with Crippen LogP contribution in [0.1, 0.15) is 35.1 Å². The first-order chi connectivity index (χ1) is 25.8. The van der Waals surface area contributed by atoms with E-state index in [1.54, 1.807) is 0 Å². The molecule has 0 fully saturated rings. The summed E-state index contributed by atoms with van der Waals surface area (Å²) in [7, 11) is 0. The summed E-state index contributed by atoms with van der Waals surface area (Å²) in [5, 5.41) is 5.99. The molecule has 11 rings (SSSR count). The van der Waals surface area contributed by atoms with E-state index in [1.165, 1.54) is 32.9 Å². The van der Waals surface area contributed by atoms with E-state index < -0.39 is 5.41 Å². The number of dihydropyridines is 1. The summed E-state index contributed by atoms with van der Waals surface area (Å²) in [6.45, 7) is 0.812. The summed E-state index contributed by atoms with van der Waals surface area (Å²) in [5.74, 6) is 3.57. The Kier molecular flexibility index (Phi) is 6.32. The lowest BCUT2D eigenvalue weighted by Crippen LogP contribution is -2.39. The maximum Gasteiger partial charge on any atom is 0.132 e. The second-order valence-electron chi connectivity index (χ2n) is 13.9. The van der Waals surface area contributed by atoms with Crippen LogP contribution in [0.4, 0.5) is 0 Å². The number of fused-ring (bicyclic) bond motifs is 10. The Morgan fingerprint density at radius 2 is 1.37 bits per heavy atom. The highest BCUT2D eigenvalue weighted by Crippen LogP contribution is 2.61. The number of nitrogens with zero attached hydrogens (tertiary/aromatic N) is 1. The van der Waals surface area contributed by atoms with Gasteiger partial charge in [0.15, 0.2) is 0 Å². The summed E-state index contributed by atoms with van der Waals surface area (Å²) in [4.78, 5) is 0. The van der Waals surface area contributed by atoms with Crippen molar-refractivity contribution in [2.24, 2.45) is 0 Å². The lowest BCUT2D eigenvalue weighted by Gasteiger charge is -2.46. The lowest BCUT2D eigenvalue weighted by molar-refractivity contribution is 0.367. The third kappa shape index (κ3) is 4.09. The molecule has 4 nitrogen and oxygen atoms in total. The Morgan fingerprint density at radius 1 is 0.615 bits per heavy atom. The highest BCUT2D eigenvalue weighted by molar-refractivity contribution is 6.15. The molecule has 0 amide bonds. The quantitative estimate of drug-likeness (QED) is 0.203. The Labute approximate surface area is 302 Å². The summed E-state index contributed by atoms with van der Waals surface area (Å²) in [6, 6.07) is 48.2. The number of nitrogens with one attached hydrogen (secondary N) is 1. The van der Waals surface area contributed by atoms with Crippen molar-refractivity contribution in [3.8, 4) is 34.1 Å². The van der Waals surface area contributed by atoms with Crippen LogP contribution in [0, 0.1) is 0 Å². The zero-order chi connectivity index (χ0) is 34.2. The van der Waals surface area contributed by atoms with Gasteiger partial charge in [0.2, 0.25) is 0 Å². The molecule has 4 heterocycles. The van der Waals surface area contributed by atoms with Crippen LogP contribution in [0.3, 0.4) is 0 Å². The van der Waals surface area contributed by atoms with E-state index in [0.29, 0.717) is 0 Å². The number of aromatic nitrogens is 1. The van der Waals surface area contributed by atoms with E-state index in [2.05, 4.69) is 174 Å². The first kappa shape index (κ1) is 29.2. The number of ether oxygens (including phenoxy) is 2. The highest BCUT2D eigenvalue weighted by atomic mass is 16.5.